The van der Waals surface area contributed by atoms with Gasteiger partial charge in [-0.15, -0.1) is 0 Å². The lowest BCUT2D eigenvalue weighted by atomic mass is 10.0. The molecular weight excluding hydrogens is 342 g/mol. The molecule has 1 amide bonds. The van der Waals surface area contributed by atoms with Crippen molar-refractivity contribution in [3.05, 3.63) is 57.0 Å². The molecule has 27 heavy (non-hydrogen) atoms. The highest BCUT2D eigenvalue weighted by atomic mass is 16.2. The van der Waals surface area contributed by atoms with Crippen LogP contribution in [0.15, 0.2) is 29.1 Å². The molecule has 0 atom stereocenters. The Bertz CT molecular complexity index is 1030. The molecule has 0 aliphatic heterocycles. The first-order valence-electron chi connectivity index (χ1n) is 9.17. The molecule has 142 valence electrons. The van der Waals surface area contributed by atoms with Crippen LogP contribution in [0.2, 0.25) is 0 Å². The van der Waals surface area contributed by atoms with Gasteiger partial charge in [-0.05, 0) is 30.9 Å². The van der Waals surface area contributed by atoms with E-state index in [1.807, 2.05) is 12.1 Å². The molecule has 1 aromatic carbocycles. The zero-order valence-electron chi connectivity index (χ0n) is 16.4. The second kappa shape index (κ2) is 7.34. The number of hydrogen-bond acceptors (Lipinski definition) is 4. The Morgan fingerprint density at radius 1 is 1.19 bits per heavy atom. The van der Waals surface area contributed by atoms with Gasteiger partial charge in [0.1, 0.15) is 0 Å². The number of rotatable bonds is 5. The van der Waals surface area contributed by atoms with Gasteiger partial charge in [-0.25, -0.2) is 4.98 Å². The van der Waals surface area contributed by atoms with Gasteiger partial charge >= 0.3 is 0 Å². The highest BCUT2D eigenvalue weighted by Crippen LogP contribution is 2.18. The van der Waals surface area contributed by atoms with Crippen molar-refractivity contribution in [2.24, 2.45) is 0 Å². The highest BCUT2D eigenvalue weighted by Gasteiger charge is 2.20. The number of hydrogen-bond donors (Lipinski definition) is 1. The van der Waals surface area contributed by atoms with E-state index >= 15 is 0 Å². The highest BCUT2D eigenvalue weighted by molar-refractivity contribution is 5.91. The van der Waals surface area contributed by atoms with Crippen LogP contribution in [0.25, 0.3) is 5.78 Å². The number of carbonyl (C=O) groups is 1. The summed E-state index contributed by atoms with van der Waals surface area (Å²) in [5.74, 6) is 0.960. The predicted molar refractivity (Wildman–Crippen MR) is 105 cm³/mol. The average molecular weight is 367 g/mol. The number of anilines is 1. The summed E-state index contributed by atoms with van der Waals surface area (Å²) in [7, 11) is 0. The lowest BCUT2D eigenvalue weighted by molar-refractivity contribution is -0.118. The van der Waals surface area contributed by atoms with Crippen LogP contribution >= 0.6 is 0 Å². The van der Waals surface area contributed by atoms with Crippen molar-refractivity contribution in [3.63, 3.8) is 0 Å². The maximum Gasteiger partial charge on any atom is 0.277 e. The molecule has 0 unspecified atom stereocenters. The molecule has 0 spiro atoms. The van der Waals surface area contributed by atoms with Crippen molar-refractivity contribution in [1.82, 2.24) is 19.6 Å². The predicted octanol–water partition coefficient (Wildman–Crippen LogP) is 3.10. The van der Waals surface area contributed by atoms with Crippen LogP contribution in [0.3, 0.4) is 0 Å². The normalized spacial score (nSPS) is 11.3. The number of aromatic nitrogens is 4. The third kappa shape index (κ3) is 3.63. The number of fused-ring (bicyclic) bond motifs is 1. The zero-order valence-corrected chi connectivity index (χ0v) is 16.4. The van der Waals surface area contributed by atoms with Gasteiger partial charge in [-0.2, -0.15) is 9.50 Å². The van der Waals surface area contributed by atoms with E-state index in [0.717, 1.165) is 5.56 Å². The fourth-order valence-corrected chi connectivity index (χ4v) is 2.88. The minimum atomic E-state index is -0.207. The Kier molecular flexibility index (Phi) is 5.12. The van der Waals surface area contributed by atoms with Crippen LogP contribution in [0.5, 0.6) is 0 Å². The molecule has 0 aliphatic rings. The van der Waals surface area contributed by atoms with Crippen molar-refractivity contribution < 1.29 is 4.79 Å². The Labute approximate surface area is 158 Å². The molecule has 0 radical (unpaired) electrons. The molecule has 0 bridgehead atoms. The summed E-state index contributed by atoms with van der Waals surface area (Å²) in [5.41, 5.74) is 3.23. The van der Waals surface area contributed by atoms with E-state index in [2.05, 4.69) is 41.0 Å². The first-order valence-corrected chi connectivity index (χ1v) is 9.17. The minimum absolute atomic E-state index is 0.0801. The van der Waals surface area contributed by atoms with Crippen LogP contribution in [0.4, 0.5) is 5.95 Å². The van der Waals surface area contributed by atoms with E-state index in [1.54, 1.807) is 25.7 Å². The topological polar surface area (TPSA) is 83.4 Å². The maximum absolute atomic E-state index is 12.5. The molecule has 3 aromatic rings. The average Bonchev–Trinajstić information content (AvgIpc) is 3.07. The Balaban J connectivity index is 2.00. The molecule has 0 saturated carbocycles. The van der Waals surface area contributed by atoms with Crippen molar-refractivity contribution >= 4 is 17.6 Å². The van der Waals surface area contributed by atoms with Gasteiger partial charge in [0.2, 0.25) is 11.9 Å². The van der Waals surface area contributed by atoms with E-state index < -0.39 is 0 Å². The first-order chi connectivity index (χ1) is 12.8. The number of amides is 1. The van der Waals surface area contributed by atoms with E-state index in [9.17, 15) is 9.59 Å². The molecular formula is C20H25N5O2. The van der Waals surface area contributed by atoms with Crippen molar-refractivity contribution in [1.29, 1.82) is 0 Å². The monoisotopic (exact) mass is 367 g/mol. The van der Waals surface area contributed by atoms with Crippen LogP contribution in [0, 0.1) is 13.8 Å². The number of nitrogens with one attached hydrogen (secondary N) is 1. The second-order valence-electron chi connectivity index (χ2n) is 7.04. The molecule has 0 aliphatic carbocycles. The number of nitrogens with zero attached hydrogens (tertiary/aromatic N) is 4. The lowest BCUT2D eigenvalue weighted by Gasteiger charge is -2.19. The maximum atomic E-state index is 12.5. The summed E-state index contributed by atoms with van der Waals surface area (Å²) < 4.78 is 1.29. The molecule has 0 fully saturated rings. The summed E-state index contributed by atoms with van der Waals surface area (Å²) in [6.07, 6.45) is 0.335. The minimum Gasteiger partial charge on any atom is -0.277 e. The van der Waals surface area contributed by atoms with Gasteiger partial charge in [0.15, 0.2) is 0 Å². The van der Waals surface area contributed by atoms with Gasteiger partial charge in [0, 0.05) is 17.7 Å². The fraction of sp³-hybridized carbons (Fsp3) is 0.400. The smallest absolute Gasteiger partial charge is 0.277 e. The van der Waals surface area contributed by atoms with Gasteiger partial charge in [-0.1, -0.05) is 45.0 Å². The number of H-pyrrole nitrogens is 1. The van der Waals surface area contributed by atoms with Crippen molar-refractivity contribution in [2.75, 3.05) is 4.90 Å². The fourth-order valence-electron chi connectivity index (χ4n) is 2.88. The number of aromatic amines is 1. The Morgan fingerprint density at radius 2 is 1.85 bits per heavy atom. The summed E-state index contributed by atoms with van der Waals surface area (Å²) in [5, 5.41) is 2.93. The summed E-state index contributed by atoms with van der Waals surface area (Å²) in [6, 6.07) is 8.19. The van der Waals surface area contributed by atoms with Crippen molar-refractivity contribution in [2.45, 2.75) is 53.5 Å². The number of carbonyl (C=O) groups excluding carboxylic acids is 1. The van der Waals surface area contributed by atoms with Gasteiger partial charge in [-0.3, -0.25) is 19.6 Å². The van der Waals surface area contributed by atoms with Crippen molar-refractivity contribution in [3.8, 4) is 0 Å². The van der Waals surface area contributed by atoms with Gasteiger partial charge < -0.3 is 0 Å². The molecule has 7 heteroatoms. The summed E-state index contributed by atoms with van der Waals surface area (Å²) >= 11 is 0. The Morgan fingerprint density at radius 3 is 2.44 bits per heavy atom. The first kappa shape index (κ1) is 18.8. The van der Waals surface area contributed by atoms with E-state index in [-0.39, 0.29) is 17.2 Å². The zero-order chi connectivity index (χ0) is 19.7. The quantitative estimate of drug-likeness (QED) is 0.751. The third-order valence-corrected chi connectivity index (χ3v) is 4.80. The van der Waals surface area contributed by atoms with Crippen LogP contribution in [0.1, 0.15) is 55.5 Å². The molecule has 2 aromatic heterocycles. The van der Waals surface area contributed by atoms with Gasteiger partial charge in [0.05, 0.1) is 6.54 Å². The van der Waals surface area contributed by atoms with Crippen LogP contribution in [-0.2, 0) is 11.3 Å². The largest absolute Gasteiger partial charge is 0.277 e. The molecule has 0 saturated heterocycles. The molecule has 1 N–H and O–H groups in total. The summed E-state index contributed by atoms with van der Waals surface area (Å²) in [6.45, 7) is 9.96. The van der Waals surface area contributed by atoms with E-state index in [4.69, 9.17) is 0 Å². The summed E-state index contributed by atoms with van der Waals surface area (Å²) in [4.78, 5) is 35.3. The van der Waals surface area contributed by atoms with Gasteiger partial charge in [0.25, 0.3) is 11.3 Å². The number of benzene rings is 1. The molecule has 3 rings (SSSR count). The van der Waals surface area contributed by atoms with E-state index in [0.29, 0.717) is 36.1 Å². The lowest BCUT2D eigenvalue weighted by Crippen LogP contribution is -2.31. The molecule has 2 heterocycles. The standard InChI is InChI=1S/C20H25N5O2/c1-6-17(26)24(11-15-7-9-16(10-8-15)12(2)3)20-22-19-21-14(5)13(4)18(27)25(19)23-20/h7-10,12H,6,11H2,1-5H3,(H,21,22,23). The Hall–Kier alpha value is -2.96. The second-order valence-corrected chi connectivity index (χ2v) is 7.04. The van der Waals surface area contributed by atoms with Crippen LogP contribution < -0.4 is 10.5 Å². The van der Waals surface area contributed by atoms with E-state index in [1.165, 1.54) is 10.1 Å². The SMILES string of the molecule is CCC(=O)N(Cc1ccc(C(C)C)cc1)c1nc2nc(C)c(C)c(=O)n2[nH]1. The number of aryl methyl sites for hydroxylation is 1. The van der Waals surface area contributed by atoms with Crippen LogP contribution in [-0.4, -0.2) is 25.5 Å². The third-order valence-electron chi connectivity index (χ3n) is 4.80. The molecule has 7 nitrogen and oxygen atoms in total.